The molecule has 0 unspecified atom stereocenters. The van der Waals surface area contributed by atoms with Gasteiger partial charge in [-0.1, -0.05) is 158 Å². The van der Waals surface area contributed by atoms with Crippen LogP contribution < -0.4 is 0 Å². The zero-order valence-electron chi connectivity index (χ0n) is 24.9. The highest BCUT2D eigenvalue weighted by molar-refractivity contribution is 6.28. The minimum absolute atomic E-state index is 0.652. The van der Waals surface area contributed by atoms with E-state index in [1.54, 1.807) is 0 Å². The maximum absolute atomic E-state index is 4.94. The first kappa shape index (κ1) is 26.2. The molecule has 3 nitrogen and oxygen atoms in total. The molecule has 1 heterocycles. The molecule has 9 rings (SSSR count). The molecule has 214 valence electrons. The smallest absolute Gasteiger partial charge is 0.164 e. The molecule has 0 N–H and O–H groups in total. The van der Waals surface area contributed by atoms with Crippen molar-refractivity contribution in [2.24, 2.45) is 0 Å². The van der Waals surface area contributed by atoms with Crippen LogP contribution in [0, 0.1) is 0 Å². The van der Waals surface area contributed by atoms with Crippen LogP contribution in [0.2, 0.25) is 0 Å². The average molecular weight is 586 g/mol. The molecule has 0 fully saturated rings. The van der Waals surface area contributed by atoms with Crippen LogP contribution in [0.5, 0.6) is 0 Å². The van der Waals surface area contributed by atoms with Gasteiger partial charge in [0.1, 0.15) is 0 Å². The van der Waals surface area contributed by atoms with E-state index < -0.39 is 0 Å². The van der Waals surface area contributed by atoms with Gasteiger partial charge in [-0.15, -0.1) is 0 Å². The second kappa shape index (κ2) is 10.8. The van der Waals surface area contributed by atoms with E-state index in [1.807, 2.05) is 60.7 Å². The van der Waals surface area contributed by atoms with Crippen LogP contribution in [-0.2, 0) is 0 Å². The van der Waals surface area contributed by atoms with Crippen LogP contribution in [-0.4, -0.2) is 15.0 Å². The molecular weight excluding hydrogens is 558 g/mol. The number of aromatic nitrogens is 3. The molecule has 0 aliphatic heterocycles. The molecular formula is C43H27N3. The van der Waals surface area contributed by atoms with Crippen molar-refractivity contribution in [3.63, 3.8) is 0 Å². The van der Waals surface area contributed by atoms with E-state index in [9.17, 15) is 0 Å². The predicted octanol–water partition coefficient (Wildman–Crippen LogP) is 11.1. The van der Waals surface area contributed by atoms with Gasteiger partial charge in [0, 0.05) is 16.7 Å². The van der Waals surface area contributed by atoms with Crippen LogP contribution in [0.4, 0.5) is 0 Å². The third kappa shape index (κ3) is 4.41. The molecule has 0 radical (unpaired) electrons. The van der Waals surface area contributed by atoms with Gasteiger partial charge >= 0.3 is 0 Å². The summed E-state index contributed by atoms with van der Waals surface area (Å²) in [5.41, 5.74) is 7.68. The van der Waals surface area contributed by atoms with Gasteiger partial charge in [-0.05, 0) is 60.6 Å². The molecule has 8 aromatic carbocycles. The highest BCUT2D eigenvalue weighted by atomic mass is 15.0. The third-order valence-electron chi connectivity index (χ3n) is 8.88. The summed E-state index contributed by atoms with van der Waals surface area (Å²) in [6.45, 7) is 0. The Bertz CT molecular complexity index is 2420. The molecule has 0 saturated carbocycles. The van der Waals surface area contributed by atoms with Gasteiger partial charge in [-0.25, -0.2) is 15.0 Å². The Balaban J connectivity index is 1.23. The summed E-state index contributed by atoms with van der Waals surface area (Å²) in [6, 6.07) is 57.6. The summed E-state index contributed by atoms with van der Waals surface area (Å²) in [5.74, 6) is 1.97. The van der Waals surface area contributed by atoms with Crippen LogP contribution in [0.15, 0.2) is 164 Å². The Morgan fingerprint density at radius 1 is 0.283 bits per heavy atom. The van der Waals surface area contributed by atoms with E-state index in [-0.39, 0.29) is 0 Å². The van der Waals surface area contributed by atoms with Gasteiger partial charge in [0.2, 0.25) is 0 Å². The molecule has 0 aliphatic rings. The minimum atomic E-state index is 0.652. The van der Waals surface area contributed by atoms with E-state index in [1.165, 1.54) is 49.0 Å². The highest BCUT2D eigenvalue weighted by Crippen LogP contribution is 2.44. The van der Waals surface area contributed by atoms with Crippen LogP contribution in [0.1, 0.15) is 0 Å². The molecule has 0 bridgehead atoms. The maximum Gasteiger partial charge on any atom is 0.164 e. The van der Waals surface area contributed by atoms with Crippen molar-refractivity contribution >= 4 is 32.3 Å². The topological polar surface area (TPSA) is 38.7 Å². The Morgan fingerprint density at radius 2 is 0.674 bits per heavy atom. The molecule has 3 heteroatoms. The fraction of sp³-hybridized carbons (Fsp3) is 0. The van der Waals surface area contributed by atoms with Crippen LogP contribution in [0.3, 0.4) is 0 Å². The van der Waals surface area contributed by atoms with Crippen molar-refractivity contribution in [1.29, 1.82) is 0 Å². The first-order valence-corrected chi connectivity index (χ1v) is 15.5. The molecule has 0 amide bonds. The number of hydrogen-bond donors (Lipinski definition) is 0. The van der Waals surface area contributed by atoms with Crippen molar-refractivity contribution in [2.75, 3.05) is 0 Å². The second-order valence-electron chi connectivity index (χ2n) is 11.6. The monoisotopic (exact) mass is 585 g/mol. The van der Waals surface area contributed by atoms with Crippen molar-refractivity contribution < 1.29 is 0 Å². The fourth-order valence-corrected chi connectivity index (χ4v) is 6.66. The number of nitrogens with zero attached hydrogens (tertiary/aromatic N) is 3. The second-order valence-corrected chi connectivity index (χ2v) is 11.6. The molecule has 0 saturated heterocycles. The summed E-state index contributed by atoms with van der Waals surface area (Å²) in [7, 11) is 0. The van der Waals surface area contributed by atoms with Gasteiger partial charge < -0.3 is 0 Å². The SMILES string of the molecule is c1ccc(-c2nc(-c3ccccc3)nc(-c3ccc(-c4cc(-c5ccccc5)c5ccc6cccc7ccc4c5c67)cc3)n2)cc1. The van der Waals surface area contributed by atoms with E-state index in [0.29, 0.717) is 17.5 Å². The van der Waals surface area contributed by atoms with E-state index in [0.717, 1.165) is 22.3 Å². The van der Waals surface area contributed by atoms with Crippen LogP contribution >= 0.6 is 0 Å². The zero-order chi connectivity index (χ0) is 30.5. The van der Waals surface area contributed by atoms with E-state index >= 15 is 0 Å². The molecule has 9 aromatic rings. The minimum Gasteiger partial charge on any atom is -0.208 e. The predicted molar refractivity (Wildman–Crippen MR) is 191 cm³/mol. The van der Waals surface area contributed by atoms with Gasteiger partial charge in [-0.3, -0.25) is 0 Å². The standard InChI is InChI=1S/C43H27N3/c1-4-11-28(12-5-1)37-27-38(36-26-24-31-18-10-17-30-23-25-35(37)40(36)39(30)31)29-19-21-34(22-20-29)43-45-41(32-13-6-2-7-14-32)44-42(46-43)33-15-8-3-9-16-33/h1-27H. The van der Waals surface area contributed by atoms with Crippen molar-refractivity contribution in [3.8, 4) is 56.4 Å². The lowest BCUT2D eigenvalue weighted by molar-refractivity contribution is 1.07. The zero-order valence-corrected chi connectivity index (χ0v) is 24.9. The Hall–Kier alpha value is -6.19. The largest absolute Gasteiger partial charge is 0.208 e. The first-order chi connectivity index (χ1) is 22.8. The van der Waals surface area contributed by atoms with Gasteiger partial charge in [0.25, 0.3) is 0 Å². The van der Waals surface area contributed by atoms with Crippen molar-refractivity contribution in [2.45, 2.75) is 0 Å². The van der Waals surface area contributed by atoms with Gasteiger partial charge in [0.15, 0.2) is 17.5 Å². The first-order valence-electron chi connectivity index (χ1n) is 15.5. The summed E-state index contributed by atoms with van der Waals surface area (Å²) in [5, 5.41) is 7.69. The summed E-state index contributed by atoms with van der Waals surface area (Å²) in [6.07, 6.45) is 0. The number of rotatable bonds is 5. The van der Waals surface area contributed by atoms with Crippen molar-refractivity contribution in [1.82, 2.24) is 15.0 Å². The lowest BCUT2D eigenvalue weighted by Crippen LogP contribution is -2.00. The normalized spacial score (nSPS) is 11.5. The molecule has 0 atom stereocenters. The molecule has 46 heavy (non-hydrogen) atoms. The lowest BCUT2D eigenvalue weighted by atomic mass is 9.85. The van der Waals surface area contributed by atoms with Gasteiger partial charge in [-0.2, -0.15) is 0 Å². The summed E-state index contributed by atoms with van der Waals surface area (Å²) < 4.78 is 0. The Morgan fingerprint density at radius 3 is 1.15 bits per heavy atom. The number of benzene rings is 8. The fourth-order valence-electron chi connectivity index (χ4n) is 6.66. The third-order valence-corrected chi connectivity index (χ3v) is 8.88. The molecule has 0 aliphatic carbocycles. The molecule has 1 aromatic heterocycles. The maximum atomic E-state index is 4.94. The Kier molecular flexibility index (Phi) is 6.14. The average Bonchev–Trinajstić information content (AvgIpc) is 3.14. The van der Waals surface area contributed by atoms with Gasteiger partial charge in [0.05, 0.1) is 0 Å². The lowest BCUT2D eigenvalue weighted by Gasteiger charge is -2.18. The molecule has 0 spiro atoms. The van der Waals surface area contributed by atoms with E-state index in [4.69, 9.17) is 15.0 Å². The summed E-state index contributed by atoms with van der Waals surface area (Å²) in [4.78, 5) is 14.7. The number of hydrogen-bond acceptors (Lipinski definition) is 3. The Labute approximate surface area is 266 Å². The van der Waals surface area contributed by atoms with Crippen molar-refractivity contribution in [3.05, 3.63) is 164 Å². The highest BCUT2D eigenvalue weighted by Gasteiger charge is 2.17. The van der Waals surface area contributed by atoms with Crippen LogP contribution in [0.25, 0.3) is 88.7 Å². The summed E-state index contributed by atoms with van der Waals surface area (Å²) >= 11 is 0. The van der Waals surface area contributed by atoms with E-state index in [2.05, 4.69) is 103 Å². The quantitative estimate of drug-likeness (QED) is 0.189.